The second-order valence-electron chi connectivity index (χ2n) is 3.88. The van der Waals surface area contributed by atoms with Crippen LogP contribution in [0.1, 0.15) is 11.5 Å². The van der Waals surface area contributed by atoms with Crippen molar-refractivity contribution < 1.29 is 14.0 Å². The SMILES string of the molecule is COCCOCCc1noc(-c2c(C)nsc2N)n1. The van der Waals surface area contributed by atoms with Crippen molar-refractivity contribution in [2.24, 2.45) is 0 Å². The van der Waals surface area contributed by atoms with E-state index in [9.17, 15) is 0 Å². The molecule has 2 aromatic heterocycles. The number of aromatic nitrogens is 3. The van der Waals surface area contributed by atoms with Crippen LogP contribution in [-0.2, 0) is 15.9 Å². The monoisotopic (exact) mass is 284 g/mol. The lowest BCUT2D eigenvalue weighted by atomic mass is 10.2. The Bertz CT molecular complexity index is 506. The van der Waals surface area contributed by atoms with Crippen LogP contribution < -0.4 is 5.73 Å². The van der Waals surface area contributed by atoms with Crippen LogP contribution in [0.4, 0.5) is 5.00 Å². The van der Waals surface area contributed by atoms with E-state index in [2.05, 4.69) is 14.5 Å². The van der Waals surface area contributed by atoms with Crippen molar-refractivity contribution in [2.45, 2.75) is 13.3 Å². The van der Waals surface area contributed by atoms with E-state index in [1.165, 1.54) is 11.5 Å². The Kier molecular flexibility index (Phi) is 4.83. The van der Waals surface area contributed by atoms with Crippen LogP contribution in [0.25, 0.3) is 11.5 Å². The Morgan fingerprint density at radius 2 is 2.16 bits per heavy atom. The fraction of sp³-hybridized carbons (Fsp3) is 0.545. The van der Waals surface area contributed by atoms with Gasteiger partial charge in [-0.3, -0.25) is 0 Å². The number of nitrogens with two attached hydrogens (primary N) is 1. The van der Waals surface area contributed by atoms with E-state index in [1.54, 1.807) is 7.11 Å². The smallest absolute Gasteiger partial charge is 0.262 e. The van der Waals surface area contributed by atoms with E-state index in [0.717, 1.165) is 11.3 Å². The molecule has 2 aromatic rings. The topological polar surface area (TPSA) is 96.3 Å². The summed E-state index contributed by atoms with van der Waals surface area (Å²) in [5.41, 5.74) is 7.35. The van der Waals surface area contributed by atoms with Gasteiger partial charge in [0.05, 0.1) is 31.1 Å². The van der Waals surface area contributed by atoms with Gasteiger partial charge in [-0.05, 0) is 18.5 Å². The van der Waals surface area contributed by atoms with E-state index >= 15 is 0 Å². The predicted octanol–water partition coefficient (Wildman–Crippen LogP) is 1.29. The number of hydrogen-bond acceptors (Lipinski definition) is 8. The van der Waals surface area contributed by atoms with Crippen molar-refractivity contribution in [3.05, 3.63) is 11.5 Å². The Morgan fingerprint density at radius 3 is 2.84 bits per heavy atom. The van der Waals surface area contributed by atoms with Gasteiger partial charge in [-0.25, -0.2) is 0 Å². The molecule has 104 valence electrons. The summed E-state index contributed by atoms with van der Waals surface area (Å²) >= 11 is 1.22. The van der Waals surface area contributed by atoms with E-state index in [-0.39, 0.29) is 0 Å². The van der Waals surface area contributed by atoms with E-state index in [1.807, 2.05) is 6.92 Å². The number of aryl methyl sites for hydroxylation is 1. The average molecular weight is 284 g/mol. The van der Waals surface area contributed by atoms with E-state index < -0.39 is 0 Å². The van der Waals surface area contributed by atoms with Gasteiger partial charge < -0.3 is 19.7 Å². The quantitative estimate of drug-likeness (QED) is 0.765. The molecule has 0 atom stereocenters. The second-order valence-corrected chi connectivity index (χ2v) is 4.68. The molecule has 0 bridgehead atoms. The molecule has 0 aliphatic heterocycles. The maximum Gasteiger partial charge on any atom is 0.262 e. The molecular weight excluding hydrogens is 268 g/mol. The van der Waals surface area contributed by atoms with Crippen molar-refractivity contribution in [3.8, 4) is 11.5 Å². The Morgan fingerprint density at radius 1 is 1.32 bits per heavy atom. The lowest BCUT2D eigenvalue weighted by molar-refractivity contribution is 0.0714. The van der Waals surface area contributed by atoms with Gasteiger partial charge in [-0.2, -0.15) is 9.36 Å². The van der Waals surface area contributed by atoms with Crippen molar-refractivity contribution in [2.75, 3.05) is 32.7 Å². The molecular formula is C11H16N4O3S. The Balaban J connectivity index is 1.92. The summed E-state index contributed by atoms with van der Waals surface area (Å²) in [6, 6.07) is 0. The average Bonchev–Trinajstić information content (AvgIpc) is 2.96. The molecule has 2 rings (SSSR count). The van der Waals surface area contributed by atoms with Crippen LogP contribution in [0.5, 0.6) is 0 Å². The lowest BCUT2D eigenvalue weighted by Crippen LogP contribution is -2.05. The fourth-order valence-corrected chi connectivity index (χ4v) is 2.17. The lowest BCUT2D eigenvalue weighted by Gasteiger charge is -1.99. The highest BCUT2D eigenvalue weighted by Gasteiger charge is 2.17. The summed E-state index contributed by atoms with van der Waals surface area (Å²) in [7, 11) is 1.64. The maximum atomic E-state index is 5.83. The minimum atomic E-state index is 0.413. The molecule has 0 saturated carbocycles. The Hall–Kier alpha value is -1.51. The molecule has 19 heavy (non-hydrogen) atoms. The van der Waals surface area contributed by atoms with Crippen LogP contribution in [0.2, 0.25) is 0 Å². The number of rotatable bonds is 7. The van der Waals surface area contributed by atoms with Crippen molar-refractivity contribution in [1.82, 2.24) is 14.5 Å². The second kappa shape index (κ2) is 6.60. The van der Waals surface area contributed by atoms with Crippen LogP contribution in [0.3, 0.4) is 0 Å². The van der Waals surface area contributed by atoms with Crippen LogP contribution >= 0.6 is 11.5 Å². The summed E-state index contributed by atoms with van der Waals surface area (Å²) in [4.78, 5) is 4.29. The van der Waals surface area contributed by atoms with Gasteiger partial charge in [0.2, 0.25) is 0 Å². The molecule has 0 saturated heterocycles. The van der Waals surface area contributed by atoms with E-state index in [4.69, 9.17) is 19.7 Å². The normalized spacial score (nSPS) is 11.1. The molecule has 0 aliphatic rings. The largest absolute Gasteiger partial charge is 0.389 e. The van der Waals surface area contributed by atoms with Crippen LogP contribution in [-0.4, -0.2) is 41.4 Å². The first-order chi connectivity index (χ1) is 9.22. The molecule has 0 spiro atoms. The molecule has 0 aliphatic carbocycles. The number of methoxy groups -OCH3 is 1. The third-order valence-corrected chi connectivity index (χ3v) is 3.24. The van der Waals surface area contributed by atoms with Crippen LogP contribution in [0, 0.1) is 6.92 Å². The molecule has 2 N–H and O–H groups in total. The van der Waals surface area contributed by atoms with Gasteiger partial charge in [0.15, 0.2) is 5.82 Å². The molecule has 7 nitrogen and oxygen atoms in total. The third kappa shape index (κ3) is 3.49. The van der Waals surface area contributed by atoms with Gasteiger partial charge in [0.1, 0.15) is 5.00 Å². The highest BCUT2D eigenvalue weighted by molar-refractivity contribution is 7.10. The zero-order valence-corrected chi connectivity index (χ0v) is 11.7. The van der Waals surface area contributed by atoms with Gasteiger partial charge >= 0.3 is 0 Å². The Labute approximate surface area is 114 Å². The van der Waals surface area contributed by atoms with Crippen LogP contribution in [0.15, 0.2) is 4.52 Å². The molecule has 0 aromatic carbocycles. The summed E-state index contributed by atoms with van der Waals surface area (Å²) in [6.07, 6.45) is 0.587. The summed E-state index contributed by atoms with van der Waals surface area (Å²) < 4.78 is 19.6. The number of ether oxygens (including phenoxy) is 2. The standard InChI is InChI=1S/C11H16N4O3S/c1-7-9(10(12)19-15-7)11-13-8(14-18-11)3-4-17-6-5-16-2/h3-6,12H2,1-2H3. The summed E-state index contributed by atoms with van der Waals surface area (Å²) in [5, 5.41) is 4.48. The number of anilines is 1. The van der Waals surface area contributed by atoms with Crippen molar-refractivity contribution in [3.63, 3.8) is 0 Å². The molecule has 0 amide bonds. The van der Waals surface area contributed by atoms with Gasteiger partial charge in [0.25, 0.3) is 5.89 Å². The van der Waals surface area contributed by atoms with Crippen molar-refractivity contribution in [1.29, 1.82) is 0 Å². The first-order valence-corrected chi connectivity index (χ1v) is 6.61. The fourth-order valence-electron chi connectivity index (χ4n) is 1.51. The van der Waals surface area contributed by atoms with E-state index in [0.29, 0.717) is 43.0 Å². The predicted molar refractivity (Wildman–Crippen MR) is 71.0 cm³/mol. The van der Waals surface area contributed by atoms with Gasteiger partial charge in [-0.15, -0.1) is 0 Å². The summed E-state index contributed by atoms with van der Waals surface area (Å²) in [6.45, 7) is 3.52. The number of nitrogen functional groups attached to an aromatic ring is 1. The first kappa shape index (κ1) is 13.9. The summed E-state index contributed by atoms with van der Waals surface area (Å²) in [5.74, 6) is 1.01. The number of nitrogens with zero attached hydrogens (tertiary/aromatic N) is 3. The number of hydrogen-bond donors (Lipinski definition) is 1. The highest BCUT2D eigenvalue weighted by Crippen LogP contribution is 2.30. The van der Waals surface area contributed by atoms with Gasteiger partial charge in [-0.1, -0.05) is 5.16 Å². The molecule has 0 radical (unpaired) electrons. The van der Waals surface area contributed by atoms with Crippen molar-refractivity contribution >= 4 is 16.5 Å². The van der Waals surface area contributed by atoms with Gasteiger partial charge in [0, 0.05) is 13.5 Å². The molecule has 0 unspecified atom stereocenters. The molecule has 8 heteroatoms. The first-order valence-electron chi connectivity index (χ1n) is 5.83. The molecule has 0 fully saturated rings. The molecule has 2 heterocycles. The minimum absolute atomic E-state index is 0.413. The maximum absolute atomic E-state index is 5.83. The highest BCUT2D eigenvalue weighted by atomic mass is 32.1. The zero-order chi connectivity index (χ0) is 13.7. The third-order valence-electron chi connectivity index (χ3n) is 2.47. The zero-order valence-electron chi connectivity index (χ0n) is 10.9. The minimum Gasteiger partial charge on any atom is -0.389 e.